The molecule has 0 saturated heterocycles. The van der Waals surface area contributed by atoms with Crippen molar-refractivity contribution in [3.8, 4) is 5.75 Å². The largest absolute Gasteiger partial charge is 0.497 e. The molecule has 2 rings (SSSR count). The van der Waals surface area contributed by atoms with Crippen molar-refractivity contribution in [1.29, 1.82) is 0 Å². The lowest BCUT2D eigenvalue weighted by Gasteiger charge is -2.34. The molecule has 0 aromatic heterocycles. The normalized spacial score (nSPS) is 19.6. The number of nitrogens with two attached hydrogens (primary N) is 1. The zero-order valence-electron chi connectivity index (χ0n) is 12.5. The van der Waals surface area contributed by atoms with Gasteiger partial charge in [0.2, 0.25) is 0 Å². The Hall–Kier alpha value is -1.10. The Bertz CT molecular complexity index is 388. The Morgan fingerprint density at radius 3 is 2.25 bits per heavy atom. The van der Waals surface area contributed by atoms with Crippen LogP contribution in [0.4, 0.5) is 0 Å². The first kappa shape index (κ1) is 15.3. The Morgan fingerprint density at radius 2 is 1.75 bits per heavy atom. The molecule has 0 heterocycles. The molecule has 2 unspecified atom stereocenters. The summed E-state index contributed by atoms with van der Waals surface area (Å²) in [5.41, 5.74) is 4.08. The second-order valence-corrected chi connectivity index (χ2v) is 5.52. The van der Waals surface area contributed by atoms with E-state index in [1.807, 2.05) is 12.1 Å². The molecule has 1 saturated carbocycles. The van der Waals surface area contributed by atoms with Gasteiger partial charge in [-0.2, -0.15) is 0 Å². The van der Waals surface area contributed by atoms with E-state index >= 15 is 0 Å². The zero-order valence-corrected chi connectivity index (χ0v) is 12.5. The average molecular weight is 278 g/mol. The van der Waals surface area contributed by atoms with Crippen LogP contribution in [0.25, 0.3) is 0 Å². The lowest BCUT2D eigenvalue weighted by Crippen LogP contribution is -2.42. The van der Waals surface area contributed by atoms with Gasteiger partial charge in [0.1, 0.15) is 5.75 Å². The predicted molar refractivity (Wildman–Crippen MR) is 80.4 cm³/mol. The van der Waals surface area contributed by atoms with Gasteiger partial charge in [-0.25, -0.2) is 0 Å². The van der Waals surface area contributed by atoms with E-state index in [0.29, 0.717) is 5.92 Å². The van der Waals surface area contributed by atoms with Crippen LogP contribution in [0, 0.1) is 5.92 Å². The minimum atomic E-state index is 0.0222. The first-order valence-corrected chi connectivity index (χ1v) is 7.43. The smallest absolute Gasteiger partial charge is 0.118 e. The summed E-state index contributed by atoms with van der Waals surface area (Å²) in [4.78, 5) is 0. The molecule has 1 aliphatic carbocycles. The quantitative estimate of drug-likeness (QED) is 0.620. The van der Waals surface area contributed by atoms with Crippen molar-refractivity contribution in [3.05, 3.63) is 29.8 Å². The monoisotopic (exact) mass is 278 g/mol. The standard InChI is InChI=1S/C16H26N2O2/c1-19-14-10-8-12(9-11-14)15(18-17)16(20-2)13-6-4-3-5-7-13/h8-11,13,15-16,18H,3-7,17H2,1-2H3. The number of ether oxygens (including phenoxy) is 2. The summed E-state index contributed by atoms with van der Waals surface area (Å²) in [6, 6.07) is 8.06. The Labute approximate surface area is 121 Å². The summed E-state index contributed by atoms with van der Waals surface area (Å²) in [6.45, 7) is 0. The summed E-state index contributed by atoms with van der Waals surface area (Å²) in [7, 11) is 3.46. The molecular formula is C16H26N2O2. The molecule has 0 aliphatic heterocycles. The molecular weight excluding hydrogens is 252 g/mol. The molecule has 3 N–H and O–H groups in total. The molecule has 112 valence electrons. The van der Waals surface area contributed by atoms with Gasteiger partial charge in [-0.3, -0.25) is 11.3 Å². The van der Waals surface area contributed by atoms with Crippen molar-refractivity contribution >= 4 is 0 Å². The highest BCUT2D eigenvalue weighted by Crippen LogP contribution is 2.34. The van der Waals surface area contributed by atoms with E-state index in [1.54, 1.807) is 14.2 Å². The van der Waals surface area contributed by atoms with Crippen molar-refractivity contribution in [1.82, 2.24) is 5.43 Å². The van der Waals surface area contributed by atoms with Gasteiger partial charge >= 0.3 is 0 Å². The molecule has 1 aromatic carbocycles. The number of hydrogen-bond donors (Lipinski definition) is 2. The van der Waals surface area contributed by atoms with Crippen LogP contribution in [0.5, 0.6) is 5.75 Å². The van der Waals surface area contributed by atoms with Gasteiger partial charge in [-0.05, 0) is 36.5 Å². The predicted octanol–water partition coefficient (Wildman–Crippen LogP) is 2.79. The van der Waals surface area contributed by atoms with E-state index in [9.17, 15) is 0 Å². The maximum Gasteiger partial charge on any atom is 0.118 e. The van der Waals surface area contributed by atoms with Crippen molar-refractivity contribution in [2.75, 3.05) is 14.2 Å². The minimum absolute atomic E-state index is 0.0222. The van der Waals surface area contributed by atoms with Crippen LogP contribution in [0.3, 0.4) is 0 Å². The molecule has 1 aliphatic rings. The van der Waals surface area contributed by atoms with E-state index in [1.165, 1.54) is 32.1 Å². The third-order valence-electron chi connectivity index (χ3n) is 4.37. The van der Waals surface area contributed by atoms with Gasteiger partial charge in [0.25, 0.3) is 0 Å². The topological polar surface area (TPSA) is 56.5 Å². The summed E-state index contributed by atoms with van der Waals surface area (Å²) in [6.07, 6.45) is 6.51. The highest BCUT2D eigenvalue weighted by molar-refractivity contribution is 5.29. The minimum Gasteiger partial charge on any atom is -0.497 e. The van der Waals surface area contributed by atoms with E-state index in [-0.39, 0.29) is 12.1 Å². The number of rotatable bonds is 6. The summed E-state index contributed by atoms with van der Waals surface area (Å²) in [5, 5.41) is 0. The molecule has 0 radical (unpaired) electrons. The van der Waals surface area contributed by atoms with E-state index < -0.39 is 0 Å². The van der Waals surface area contributed by atoms with Gasteiger partial charge in [0, 0.05) is 7.11 Å². The molecule has 0 spiro atoms. The second kappa shape index (κ2) is 7.62. The van der Waals surface area contributed by atoms with Crippen LogP contribution in [-0.4, -0.2) is 20.3 Å². The number of methoxy groups -OCH3 is 2. The molecule has 4 heteroatoms. The van der Waals surface area contributed by atoms with E-state index in [2.05, 4.69) is 17.6 Å². The Kier molecular flexibility index (Phi) is 5.83. The van der Waals surface area contributed by atoms with Crippen molar-refractivity contribution < 1.29 is 9.47 Å². The number of hydrazine groups is 1. The van der Waals surface area contributed by atoms with Gasteiger partial charge in [-0.1, -0.05) is 31.4 Å². The molecule has 1 aromatic rings. The van der Waals surface area contributed by atoms with Crippen LogP contribution in [0.15, 0.2) is 24.3 Å². The summed E-state index contributed by atoms with van der Waals surface area (Å²) >= 11 is 0. The number of nitrogens with one attached hydrogen (secondary N) is 1. The summed E-state index contributed by atoms with van der Waals surface area (Å²) in [5.74, 6) is 7.24. The first-order valence-electron chi connectivity index (χ1n) is 7.43. The van der Waals surface area contributed by atoms with Crippen LogP contribution < -0.4 is 16.0 Å². The molecule has 0 amide bonds. The van der Waals surface area contributed by atoms with Gasteiger partial charge < -0.3 is 9.47 Å². The SMILES string of the molecule is COc1ccc(C(NN)C(OC)C2CCCCC2)cc1. The fourth-order valence-corrected chi connectivity index (χ4v) is 3.26. The third-order valence-corrected chi connectivity index (χ3v) is 4.37. The molecule has 20 heavy (non-hydrogen) atoms. The van der Waals surface area contributed by atoms with E-state index in [4.69, 9.17) is 15.3 Å². The van der Waals surface area contributed by atoms with E-state index in [0.717, 1.165) is 11.3 Å². The summed E-state index contributed by atoms with van der Waals surface area (Å²) < 4.78 is 11.0. The maximum atomic E-state index is 5.80. The number of benzene rings is 1. The highest BCUT2D eigenvalue weighted by Gasteiger charge is 2.31. The average Bonchev–Trinajstić information content (AvgIpc) is 2.53. The Morgan fingerprint density at radius 1 is 1.10 bits per heavy atom. The fourth-order valence-electron chi connectivity index (χ4n) is 3.26. The Balaban J connectivity index is 2.14. The fraction of sp³-hybridized carbons (Fsp3) is 0.625. The van der Waals surface area contributed by atoms with Crippen molar-refractivity contribution in [2.45, 2.75) is 44.2 Å². The van der Waals surface area contributed by atoms with Crippen molar-refractivity contribution in [3.63, 3.8) is 0 Å². The van der Waals surface area contributed by atoms with Crippen LogP contribution in [-0.2, 0) is 4.74 Å². The molecule has 4 nitrogen and oxygen atoms in total. The third kappa shape index (κ3) is 3.51. The molecule has 2 atom stereocenters. The van der Waals surface area contributed by atoms with Crippen LogP contribution >= 0.6 is 0 Å². The lowest BCUT2D eigenvalue weighted by atomic mass is 9.81. The molecule has 1 fully saturated rings. The van der Waals surface area contributed by atoms with Gasteiger partial charge in [0.05, 0.1) is 19.3 Å². The molecule has 0 bridgehead atoms. The first-order chi connectivity index (χ1) is 9.80. The van der Waals surface area contributed by atoms with Crippen molar-refractivity contribution in [2.24, 2.45) is 11.8 Å². The van der Waals surface area contributed by atoms with Gasteiger partial charge in [0.15, 0.2) is 0 Å². The van der Waals surface area contributed by atoms with Gasteiger partial charge in [-0.15, -0.1) is 0 Å². The zero-order chi connectivity index (χ0) is 14.4. The lowest BCUT2D eigenvalue weighted by molar-refractivity contribution is 0.00749. The van der Waals surface area contributed by atoms with Crippen LogP contribution in [0.1, 0.15) is 43.7 Å². The number of hydrogen-bond acceptors (Lipinski definition) is 4. The van der Waals surface area contributed by atoms with Crippen LogP contribution in [0.2, 0.25) is 0 Å². The maximum absolute atomic E-state index is 5.80. The second-order valence-electron chi connectivity index (χ2n) is 5.52. The highest BCUT2D eigenvalue weighted by atomic mass is 16.5.